The van der Waals surface area contributed by atoms with Crippen molar-refractivity contribution in [2.45, 2.75) is 38.1 Å². The monoisotopic (exact) mass is 496 g/mol. The fraction of sp³-hybridized carbons (Fsp3) is 0.333. The van der Waals surface area contributed by atoms with Crippen LogP contribution in [0.2, 0.25) is 0 Å². The average molecular weight is 496 g/mol. The summed E-state index contributed by atoms with van der Waals surface area (Å²) in [5.74, 6) is -2.20. The molecule has 0 spiro atoms. The first-order valence-electron chi connectivity index (χ1n) is 10.4. The Bertz CT molecular complexity index is 1410. The molecule has 0 fully saturated rings. The van der Waals surface area contributed by atoms with Crippen LogP contribution in [-0.4, -0.2) is 47.0 Å². The fourth-order valence-electron chi connectivity index (χ4n) is 4.14. The van der Waals surface area contributed by atoms with E-state index in [9.17, 15) is 31.9 Å². The molecule has 2 atom stereocenters. The van der Waals surface area contributed by atoms with Crippen LogP contribution in [0, 0.1) is 0 Å². The van der Waals surface area contributed by atoms with Crippen LogP contribution < -0.4 is 0 Å². The average Bonchev–Trinajstić information content (AvgIpc) is 3.54. The molecule has 1 aliphatic rings. The minimum atomic E-state index is -4.69. The molecule has 2 N–H and O–H groups in total. The minimum Gasteiger partial charge on any atom is -0.432 e. The van der Waals surface area contributed by atoms with Crippen LogP contribution in [0.5, 0.6) is 0 Å². The highest BCUT2D eigenvalue weighted by Gasteiger charge is 2.41. The molecule has 0 aromatic carbocycles. The van der Waals surface area contributed by atoms with Crippen molar-refractivity contribution in [1.82, 2.24) is 29.5 Å². The van der Waals surface area contributed by atoms with Gasteiger partial charge in [0.2, 0.25) is 11.7 Å². The molecule has 4 aromatic heterocycles. The number of halogens is 5. The standard InChI is InChI=1S/C21H17F5N6O3/c1-9(33)19-29-15(18(22)23)17(35-19)20(34)31-6-5-11-14(28-8-27-11)16(31)12-7-10-3-2-4-13(21(24,25)26)32(10)30-12/h2-4,7-9,16,18,33H,5-6H2,1H3,(H,27,28)/t9-,16-/m0/s1. The third-order valence-electron chi connectivity index (χ3n) is 5.69. The number of amides is 1. The Morgan fingerprint density at radius 1 is 1.31 bits per heavy atom. The topological polar surface area (TPSA) is 113 Å². The molecule has 14 heteroatoms. The maximum Gasteiger partial charge on any atom is 0.433 e. The number of oxazole rings is 1. The molecule has 0 radical (unpaired) electrons. The molecular formula is C21H17F5N6O3. The zero-order chi connectivity index (χ0) is 25.1. The number of nitrogens with zero attached hydrogens (tertiary/aromatic N) is 5. The van der Waals surface area contributed by atoms with Crippen LogP contribution >= 0.6 is 0 Å². The smallest absolute Gasteiger partial charge is 0.432 e. The van der Waals surface area contributed by atoms with Crippen molar-refractivity contribution in [3.05, 3.63) is 70.7 Å². The number of rotatable bonds is 4. The molecule has 1 amide bonds. The van der Waals surface area contributed by atoms with Crippen molar-refractivity contribution in [3.8, 4) is 0 Å². The van der Waals surface area contributed by atoms with Gasteiger partial charge in [-0.15, -0.1) is 0 Å². The summed E-state index contributed by atoms with van der Waals surface area (Å²) in [6, 6.07) is 3.80. The van der Waals surface area contributed by atoms with E-state index in [2.05, 4.69) is 20.1 Å². The van der Waals surface area contributed by atoms with E-state index in [0.717, 1.165) is 11.0 Å². The summed E-state index contributed by atoms with van der Waals surface area (Å²) in [5, 5.41) is 13.8. The number of carbonyl (C=O) groups excluding carboxylic acids is 1. The first-order chi connectivity index (χ1) is 16.6. The minimum absolute atomic E-state index is 0.00603. The van der Waals surface area contributed by atoms with Crippen LogP contribution in [0.3, 0.4) is 0 Å². The van der Waals surface area contributed by atoms with Gasteiger partial charge in [0.15, 0.2) is 5.69 Å². The van der Waals surface area contributed by atoms with Gasteiger partial charge in [0.1, 0.15) is 17.8 Å². The number of hydrogen-bond acceptors (Lipinski definition) is 6. The van der Waals surface area contributed by atoms with Crippen LogP contribution in [-0.2, 0) is 12.6 Å². The van der Waals surface area contributed by atoms with Gasteiger partial charge in [0.05, 0.1) is 23.2 Å². The number of fused-ring (bicyclic) bond motifs is 2. The van der Waals surface area contributed by atoms with E-state index in [-0.39, 0.29) is 24.2 Å². The van der Waals surface area contributed by atoms with Gasteiger partial charge in [-0.3, -0.25) is 4.79 Å². The molecule has 0 bridgehead atoms. The molecule has 5 heterocycles. The molecule has 0 unspecified atom stereocenters. The van der Waals surface area contributed by atoms with Gasteiger partial charge in [-0.1, -0.05) is 6.07 Å². The molecule has 0 aliphatic carbocycles. The van der Waals surface area contributed by atoms with Crippen molar-refractivity contribution < 1.29 is 36.3 Å². The number of aliphatic hydroxyl groups is 1. The molecule has 1 aliphatic heterocycles. The highest BCUT2D eigenvalue weighted by molar-refractivity contribution is 5.93. The van der Waals surface area contributed by atoms with Crippen LogP contribution in [0.1, 0.15) is 70.4 Å². The van der Waals surface area contributed by atoms with E-state index >= 15 is 0 Å². The van der Waals surface area contributed by atoms with Gasteiger partial charge in [-0.2, -0.15) is 18.3 Å². The van der Waals surface area contributed by atoms with Crippen molar-refractivity contribution >= 4 is 11.4 Å². The number of H-pyrrole nitrogens is 1. The highest BCUT2D eigenvalue weighted by atomic mass is 19.4. The molecule has 35 heavy (non-hydrogen) atoms. The zero-order valence-electron chi connectivity index (χ0n) is 17.9. The Morgan fingerprint density at radius 3 is 2.77 bits per heavy atom. The Balaban J connectivity index is 1.64. The number of aliphatic hydroxyl groups excluding tert-OH is 1. The Hall–Kier alpha value is -3.81. The number of pyridine rings is 1. The lowest BCUT2D eigenvalue weighted by atomic mass is 9.99. The first kappa shape index (κ1) is 23.0. The fourth-order valence-corrected chi connectivity index (χ4v) is 4.14. The second-order valence-corrected chi connectivity index (χ2v) is 7.98. The lowest BCUT2D eigenvalue weighted by molar-refractivity contribution is -0.142. The number of alkyl halides is 5. The molecule has 5 rings (SSSR count). The van der Waals surface area contributed by atoms with Gasteiger partial charge in [-0.05, 0) is 25.1 Å². The summed E-state index contributed by atoms with van der Waals surface area (Å²) in [4.78, 5) is 25.3. The largest absolute Gasteiger partial charge is 0.433 e. The predicted octanol–water partition coefficient (Wildman–Crippen LogP) is 3.84. The molecular weight excluding hydrogens is 479 g/mol. The van der Waals surface area contributed by atoms with Gasteiger partial charge in [0, 0.05) is 18.7 Å². The van der Waals surface area contributed by atoms with Crippen molar-refractivity contribution in [3.63, 3.8) is 0 Å². The van der Waals surface area contributed by atoms with Gasteiger partial charge >= 0.3 is 6.18 Å². The molecule has 184 valence electrons. The van der Waals surface area contributed by atoms with E-state index in [1.54, 1.807) is 0 Å². The van der Waals surface area contributed by atoms with Crippen LogP contribution in [0.15, 0.2) is 35.0 Å². The van der Waals surface area contributed by atoms with Crippen LogP contribution in [0.4, 0.5) is 22.0 Å². The Labute approximate surface area is 193 Å². The Kier molecular flexibility index (Phi) is 5.34. The lowest BCUT2D eigenvalue weighted by Crippen LogP contribution is -2.41. The van der Waals surface area contributed by atoms with Crippen LogP contribution in [0.25, 0.3) is 5.52 Å². The van der Waals surface area contributed by atoms with Crippen molar-refractivity contribution in [2.75, 3.05) is 6.54 Å². The van der Waals surface area contributed by atoms with E-state index in [1.165, 1.54) is 31.5 Å². The summed E-state index contributed by atoms with van der Waals surface area (Å²) in [6.07, 6.45) is -7.55. The number of carbonyl (C=O) groups is 1. The second-order valence-electron chi connectivity index (χ2n) is 7.98. The quantitative estimate of drug-likeness (QED) is 0.415. The first-order valence-corrected chi connectivity index (χ1v) is 10.4. The number of nitrogens with one attached hydrogen (secondary N) is 1. The maximum absolute atomic E-state index is 13.6. The van der Waals surface area contributed by atoms with E-state index < -0.39 is 53.7 Å². The number of imidazole rings is 1. The number of aromatic amines is 1. The van der Waals surface area contributed by atoms with Gasteiger partial charge < -0.3 is 19.4 Å². The van der Waals surface area contributed by atoms with E-state index in [4.69, 9.17) is 4.42 Å². The van der Waals surface area contributed by atoms with Gasteiger partial charge in [-0.25, -0.2) is 23.3 Å². The summed E-state index contributed by atoms with van der Waals surface area (Å²) in [5.41, 5.74) is -0.842. The predicted molar refractivity (Wildman–Crippen MR) is 107 cm³/mol. The summed E-state index contributed by atoms with van der Waals surface area (Å²) >= 11 is 0. The molecule has 0 saturated carbocycles. The highest BCUT2D eigenvalue weighted by Crippen LogP contribution is 2.37. The summed E-state index contributed by atoms with van der Waals surface area (Å²) in [6.45, 7) is 1.25. The van der Waals surface area contributed by atoms with Crippen molar-refractivity contribution in [2.24, 2.45) is 0 Å². The maximum atomic E-state index is 13.6. The third-order valence-corrected chi connectivity index (χ3v) is 5.69. The SMILES string of the molecule is C[C@H](O)c1nc(C(F)F)c(C(=O)N2CCc3[nH]cnc3[C@@H]2c2cc3cccc(C(F)(F)F)n3n2)o1. The summed E-state index contributed by atoms with van der Waals surface area (Å²) < 4.78 is 73.7. The molecule has 9 nitrogen and oxygen atoms in total. The second kappa shape index (κ2) is 8.15. The van der Waals surface area contributed by atoms with E-state index in [0.29, 0.717) is 15.9 Å². The van der Waals surface area contributed by atoms with Gasteiger partial charge in [0.25, 0.3) is 12.3 Å². The Morgan fingerprint density at radius 2 is 2.09 bits per heavy atom. The lowest BCUT2D eigenvalue weighted by Gasteiger charge is -2.33. The normalized spacial score (nSPS) is 17.3. The number of hydrogen-bond donors (Lipinski definition) is 2. The zero-order valence-corrected chi connectivity index (χ0v) is 17.9. The third kappa shape index (κ3) is 3.83. The molecule has 4 aromatic rings. The van der Waals surface area contributed by atoms with Crippen molar-refractivity contribution in [1.29, 1.82) is 0 Å². The van der Waals surface area contributed by atoms with E-state index in [1.807, 2.05) is 0 Å². The number of aromatic nitrogens is 5. The molecule has 0 saturated heterocycles. The summed E-state index contributed by atoms with van der Waals surface area (Å²) in [7, 11) is 0.